The number of aromatic nitrogens is 2. The van der Waals surface area contributed by atoms with Gasteiger partial charge in [0.25, 0.3) is 5.56 Å². The van der Waals surface area contributed by atoms with Gasteiger partial charge >= 0.3 is 5.97 Å². The Kier molecular flexibility index (Phi) is 3.64. The molecule has 98 valence electrons. The standard InChI is InChI=1S/C12H17N3O3/c1-14-6-4-13-11(12(14)18)15-5-2-3-9(8-15)7-10(16)17/h4,6,9H,2-3,5,7-8H2,1H3,(H,16,17). The Balaban J connectivity index is 2.16. The Hall–Kier alpha value is -1.85. The highest BCUT2D eigenvalue weighted by Gasteiger charge is 2.24. The number of piperidine rings is 1. The van der Waals surface area contributed by atoms with Gasteiger partial charge in [0.05, 0.1) is 0 Å². The van der Waals surface area contributed by atoms with Crippen LogP contribution in [0.15, 0.2) is 17.2 Å². The third-order valence-corrected chi connectivity index (χ3v) is 3.28. The molecule has 1 aromatic heterocycles. The molecule has 1 aromatic rings. The van der Waals surface area contributed by atoms with Crippen LogP contribution in [0.2, 0.25) is 0 Å². The molecule has 1 unspecified atom stereocenters. The van der Waals surface area contributed by atoms with Crippen LogP contribution < -0.4 is 10.5 Å². The zero-order valence-electron chi connectivity index (χ0n) is 10.4. The van der Waals surface area contributed by atoms with Gasteiger partial charge < -0.3 is 14.6 Å². The normalized spacial score (nSPS) is 19.8. The SMILES string of the molecule is Cn1ccnc(N2CCCC(CC(=O)O)C2)c1=O. The smallest absolute Gasteiger partial charge is 0.303 e. The number of carbonyl (C=O) groups is 1. The van der Waals surface area contributed by atoms with E-state index in [0.29, 0.717) is 12.4 Å². The minimum Gasteiger partial charge on any atom is -0.481 e. The zero-order chi connectivity index (χ0) is 13.1. The van der Waals surface area contributed by atoms with E-state index in [1.54, 1.807) is 19.4 Å². The number of carboxylic acids is 1. The van der Waals surface area contributed by atoms with Gasteiger partial charge in [0.1, 0.15) is 0 Å². The Morgan fingerprint density at radius 2 is 2.39 bits per heavy atom. The zero-order valence-corrected chi connectivity index (χ0v) is 10.4. The minimum atomic E-state index is -0.782. The van der Waals surface area contributed by atoms with Gasteiger partial charge in [-0.25, -0.2) is 4.98 Å². The lowest BCUT2D eigenvalue weighted by molar-refractivity contribution is -0.138. The largest absolute Gasteiger partial charge is 0.481 e. The number of rotatable bonds is 3. The number of anilines is 1. The number of nitrogens with zero attached hydrogens (tertiary/aromatic N) is 3. The third kappa shape index (κ3) is 2.69. The fourth-order valence-electron chi connectivity index (χ4n) is 2.37. The van der Waals surface area contributed by atoms with Gasteiger partial charge in [-0.05, 0) is 18.8 Å². The Morgan fingerprint density at radius 1 is 1.61 bits per heavy atom. The summed E-state index contributed by atoms with van der Waals surface area (Å²) < 4.78 is 1.49. The molecule has 0 aliphatic carbocycles. The first-order chi connectivity index (χ1) is 8.58. The summed E-state index contributed by atoms with van der Waals surface area (Å²) in [5.41, 5.74) is -0.131. The van der Waals surface area contributed by atoms with E-state index in [2.05, 4.69) is 4.98 Å². The van der Waals surface area contributed by atoms with Crippen molar-refractivity contribution >= 4 is 11.8 Å². The molecule has 18 heavy (non-hydrogen) atoms. The van der Waals surface area contributed by atoms with E-state index in [1.807, 2.05) is 4.90 Å². The number of hydrogen-bond donors (Lipinski definition) is 1. The molecule has 6 heteroatoms. The highest BCUT2D eigenvalue weighted by atomic mass is 16.4. The van der Waals surface area contributed by atoms with Crippen molar-refractivity contribution in [1.82, 2.24) is 9.55 Å². The van der Waals surface area contributed by atoms with E-state index >= 15 is 0 Å². The highest BCUT2D eigenvalue weighted by Crippen LogP contribution is 2.21. The van der Waals surface area contributed by atoms with E-state index in [1.165, 1.54) is 4.57 Å². The molecule has 2 rings (SSSR count). The first-order valence-electron chi connectivity index (χ1n) is 6.06. The monoisotopic (exact) mass is 251 g/mol. The molecule has 0 spiro atoms. The Labute approximate surface area is 105 Å². The van der Waals surface area contributed by atoms with Crippen molar-refractivity contribution in [2.75, 3.05) is 18.0 Å². The second-order valence-corrected chi connectivity index (χ2v) is 4.72. The first kappa shape index (κ1) is 12.6. The first-order valence-corrected chi connectivity index (χ1v) is 6.06. The molecule has 0 aromatic carbocycles. The molecular weight excluding hydrogens is 234 g/mol. The maximum absolute atomic E-state index is 11.9. The van der Waals surface area contributed by atoms with E-state index in [4.69, 9.17) is 5.11 Å². The average molecular weight is 251 g/mol. The number of carboxylic acid groups (broad SMARTS) is 1. The summed E-state index contributed by atoms with van der Waals surface area (Å²) in [6, 6.07) is 0. The molecule has 1 aliphatic heterocycles. The molecule has 0 saturated carbocycles. The predicted molar refractivity (Wildman–Crippen MR) is 66.7 cm³/mol. The van der Waals surface area contributed by atoms with Crippen molar-refractivity contribution < 1.29 is 9.90 Å². The average Bonchev–Trinajstić information content (AvgIpc) is 2.32. The summed E-state index contributed by atoms with van der Waals surface area (Å²) in [6.07, 6.45) is 5.17. The maximum atomic E-state index is 11.9. The highest BCUT2D eigenvalue weighted by molar-refractivity contribution is 5.67. The number of aliphatic carboxylic acids is 1. The van der Waals surface area contributed by atoms with Crippen molar-refractivity contribution in [1.29, 1.82) is 0 Å². The quantitative estimate of drug-likeness (QED) is 0.845. The summed E-state index contributed by atoms with van der Waals surface area (Å²) >= 11 is 0. The van der Waals surface area contributed by atoms with Gasteiger partial charge in [0.15, 0.2) is 5.82 Å². The third-order valence-electron chi connectivity index (χ3n) is 3.28. The van der Waals surface area contributed by atoms with Crippen molar-refractivity contribution in [3.05, 3.63) is 22.7 Å². The fraction of sp³-hybridized carbons (Fsp3) is 0.583. The van der Waals surface area contributed by atoms with Crippen molar-refractivity contribution in [3.8, 4) is 0 Å². The van der Waals surface area contributed by atoms with Gasteiger partial charge in [-0.2, -0.15) is 0 Å². The summed E-state index contributed by atoms with van der Waals surface area (Å²) in [5.74, 6) is -0.256. The van der Waals surface area contributed by atoms with Gasteiger partial charge in [-0.3, -0.25) is 9.59 Å². The summed E-state index contributed by atoms with van der Waals surface area (Å²) in [4.78, 5) is 28.7. The molecule has 0 bridgehead atoms. The van der Waals surface area contributed by atoms with Crippen LogP contribution in [0.3, 0.4) is 0 Å². The van der Waals surface area contributed by atoms with Crippen molar-refractivity contribution in [3.63, 3.8) is 0 Å². The lowest BCUT2D eigenvalue weighted by Gasteiger charge is -2.32. The Morgan fingerprint density at radius 3 is 3.11 bits per heavy atom. The van der Waals surface area contributed by atoms with Gasteiger partial charge in [0.2, 0.25) is 0 Å². The van der Waals surface area contributed by atoms with E-state index in [-0.39, 0.29) is 17.9 Å². The van der Waals surface area contributed by atoms with Crippen LogP contribution in [-0.2, 0) is 11.8 Å². The second-order valence-electron chi connectivity index (χ2n) is 4.72. The van der Waals surface area contributed by atoms with Gasteiger partial charge in [-0.15, -0.1) is 0 Å². The van der Waals surface area contributed by atoms with Crippen molar-refractivity contribution in [2.24, 2.45) is 13.0 Å². The molecule has 6 nitrogen and oxygen atoms in total. The Bertz CT molecular complexity index is 498. The minimum absolute atomic E-state index is 0.1000. The van der Waals surface area contributed by atoms with Crippen molar-refractivity contribution in [2.45, 2.75) is 19.3 Å². The van der Waals surface area contributed by atoms with Gasteiger partial charge in [-0.1, -0.05) is 0 Å². The van der Waals surface area contributed by atoms with Crippen LogP contribution in [0.5, 0.6) is 0 Å². The van der Waals surface area contributed by atoms with Crippen LogP contribution in [0, 0.1) is 5.92 Å². The summed E-state index contributed by atoms with van der Waals surface area (Å²) in [6.45, 7) is 1.36. The lowest BCUT2D eigenvalue weighted by atomic mass is 9.95. The molecule has 2 heterocycles. The molecule has 0 radical (unpaired) electrons. The van der Waals surface area contributed by atoms with Crippen LogP contribution in [0.1, 0.15) is 19.3 Å². The molecule has 1 aliphatic rings. The van der Waals surface area contributed by atoms with Crippen LogP contribution in [0.25, 0.3) is 0 Å². The predicted octanol–water partition coefficient (Wildman–Crippen LogP) is 0.471. The van der Waals surface area contributed by atoms with Crippen LogP contribution in [0.4, 0.5) is 5.82 Å². The van der Waals surface area contributed by atoms with Crippen LogP contribution >= 0.6 is 0 Å². The summed E-state index contributed by atoms with van der Waals surface area (Å²) in [7, 11) is 1.69. The number of hydrogen-bond acceptors (Lipinski definition) is 4. The van der Waals surface area contributed by atoms with E-state index < -0.39 is 5.97 Å². The second kappa shape index (κ2) is 5.20. The fourth-order valence-corrected chi connectivity index (χ4v) is 2.37. The molecule has 1 N–H and O–H groups in total. The van der Waals surface area contributed by atoms with Gasteiger partial charge in [0, 0.05) is 39.0 Å². The number of aryl methyl sites for hydroxylation is 1. The molecular formula is C12H17N3O3. The topological polar surface area (TPSA) is 75.4 Å². The van der Waals surface area contributed by atoms with Crippen LogP contribution in [-0.4, -0.2) is 33.7 Å². The molecule has 1 atom stereocenters. The van der Waals surface area contributed by atoms with E-state index in [9.17, 15) is 9.59 Å². The molecule has 1 saturated heterocycles. The molecule has 0 amide bonds. The van der Waals surface area contributed by atoms with E-state index in [0.717, 1.165) is 19.4 Å². The lowest BCUT2D eigenvalue weighted by Crippen LogP contribution is -2.40. The summed E-state index contributed by atoms with van der Waals surface area (Å²) in [5, 5.41) is 8.82. The maximum Gasteiger partial charge on any atom is 0.303 e. The molecule has 1 fully saturated rings.